The molecule has 2 unspecified atom stereocenters. The minimum atomic E-state index is -0.719. The van der Waals surface area contributed by atoms with Crippen LogP contribution in [-0.2, 0) is 4.79 Å². The molecule has 1 aromatic carbocycles. The molecule has 1 aliphatic rings. The topological polar surface area (TPSA) is 73.1 Å². The number of anilines is 1. The Labute approximate surface area is 123 Å². The molecule has 2 rings (SSSR count). The van der Waals surface area contributed by atoms with Gasteiger partial charge in [0, 0.05) is 11.6 Å². The van der Waals surface area contributed by atoms with Crippen LogP contribution in [0.3, 0.4) is 0 Å². The highest BCUT2D eigenvalue weighted by Gasteiger charge is 2.30. The standard InChI is InChI=1S/C15H17ClN2O2/c16-12-6-5-10(8-17)14(7-12)18-9-11-3-1-2-4-13(11)15(19)20/h5-7,11,13,18H,1-4,9H2,(H,19,20). The first-order chi connectivity index (χ1) is 9.61. The van der Waals surface area contributed by atoms with Crippen molar-refractivity contribution in [1.82, 2.24) is 0 Å². The van der Waals surface area contributed by atoms with E-state index in [-0.39, 0.29) is 11.8 Å². The molecule has 0 radical (unpaired) electrons. The van der Waals surface area contributed by atoms with E-state index in [1.165, 1.54) is 0 Å². The fourth-order valence-electron chi connectivity index (χ4n) is 2.78. The fourth-order valence-corrected chi connectivity index (χ4v) is 2.95. The van der Waals surface area contributed by atoms with Crippen molar-refractivity contribution in [2.45, 2.75) is 25.7 Å². The number of rotatable bonds is 4. The number of nitriles is 1. The van der Waals surface area contributed by atoms with E-state index in [0.29, 0.717) is 22.8 Å². The maximum Gasteiger partial charge on any atom is 0.306 e. The molecule has 0 aromatic heterocycles. The van der Waals surface area contributed by atoms with Crippen LogP contribution in [0, 0.1) is 23.2 Å². The van der Waals surface area contributed by atoms with E-state index in [2.05, 4.69) is 11.4 Å². The van der Waals surface area contributed by atoms with Gasteiger partial charge in [0.15, 0.2) is 0 Å². The fraction of sp³-hybridized carbons (Fsp3) is 0.467. The SMILES string of the molecule is N#Cc1ccc(Cl)cc1NCC1CCCCC1C(=O)O. The van der Waals surface area contributed by atoms with Gasteiger partial charge < -0.3 is 10.4 Å². The summed E-state index contributed by atoms with van der Waals surface area (Å²) in [6.07, 6.45) is 3.69. The lowest BCUT2D eigenvalue weighted by atomic mass is 9.79. The molecule has 4 nitrogen and oxygen atoms in total. The number of hydrogen-bond donors (Lipinski definition) is 2. The number of aliphatic carboxylic acids is 1. The lowest BCUT2D eigenvalue weighted by Gasteiger charge is -2.29. The molecule has 1 saturated carbocycles. The van der Waals surface area contributed by atoms with Crippen LogP contribution in [0.25, 0.3) is 0 Å². The quantitative estimate of drug-likeness (QED) is 0.890. The van der Waals surface area contributed by atoms with Gasteiger partial charge in [0.25, 0.3) is 0 Å². The minimum absolute atomic E-state index is 0.103. The number of nitrogens with zero attached hydrogens (tertiary/aromatic N) is 1. The van der Waals surface area contributed by atoms with Crippen molar-refractivity contribution >= 4 is 23.3 Å². The number of benzene rings is 1. The van der Waals surface area contributed by atoms with E-state index in [1.807, 2.05) is 0 Å². The second kappa shape index (κ2) is 6.62. The zero-order valence-corrected chi connectivity index (χ0v) is 11.9. The van der Waals surface area contributed by atoms with Crippen LogP contribution in [0.5, 0.6) is 0 Å². The first-order valence-electron chi connectivity index (χ1n) is 6.78. The Morgan fingerprint density at radius 1 is 1.45 bits per heavy atom. The number of carboxylic acids is 1. The molecule has 0 amide bonds. The predicted octanol–water partition coefficient (Wildman–Crippen LogP) is 3.51. The zero-order valence-electron chi connectivity index (χ0n) is 11.1. The third-order valence-corrected chi connectivity index (χ3v) is 4.12. The lowest BCUT2D eigenvalue weighted by Crippen LogP contribution is -2.31. The summed E-state index contributed by atoms with van der Waals surface area (Å²) in [7, 11) is 0. The van der Waals surface area contributed by atoms with Gasteiger partial charge in [-0.1, -0.05) is 24.4 Å². The second-order valence-corrected chi connectivity index (χ2v) is 5.61. The van der Waals surface area contributed by atoms with Crippen molar-refractivity contribution in [3.8, 4) is 6.07 Å². The van der Waals surface area contributed by atoms with Gasteiger partial charge >= 0.3 is 5.97 Å². The van der Waals surface area contributed by atoms with Gasteiger partial charge in [-0.05, 0) is 37.0 Å². The summed E-state index contributed by atoms with van der Waals surface area (Å²) >= 11 is 5.93. The van der Waals surface area contributed by atoms with E-state index in [0.717, 1.165) is 25.7 Å². The normalized spacial score (nSPS) is 22.0. The average molecular weight is 293 g/mol. The molecule has 0 spiro atoms. The van der Waals surface area contributed by atoms with E-state index < -0.39 is 5.97 Å². The summed E-state index contributed by atoms with van der Waals surface area (Å²) in [6.45, 7) is 0.561. The highest BCUT2D eigenvalue weighted by molar-refractivity contribution is 6.30. The Balaban J connectivity index is 2.06. The second-order valence-electron chi connectivity index (χ2n) is 5.17. The van der Waals surface area contributed by atoms with Gasteiger partial charge in [0.2, 0.25) is 0 Å². The first kappa shape index (κ1) is 14.7. The molecule has 0 bridgehead atoms. The number of hydrogen-bond acceptors (Lipinski definition) is 3. The van der Waals surface area contributed by atoms with Crippen molar-refractivity contribution in [2.24, 2.45) is 11.8 Å². The molecule has 20 heavy (non-hydrogen) atoms. The van der Waals surface area contributed by atoms with Gasteiger partial charge in [-0.25, -0.2) is 0 Å². The maximum atomic E-state index is 11.3. The molecule has 1 fully saturated rings. The van der Waals surface area contributed by atoms with E-state index in [4.69, 9.17) is 16.9 Å². The smallest absolute Gasteiger partial charge is 0.306 e. The van der Waals surface area contributed by atoms with Crippen LogP contribution in [0.4, 0.5) is 5.69 Å². The van der Waals surface area contributed by atoms with Gasteiger partial charge in [0.1, 0.15) is 6.07 Å². The van der Waals surface area contributed by atoms with Crippen LogP contribution in [-0.4, -0.2) is 17.6 Å². The number of halogens is 1. The Kier molecular flexibility index (Phi) is 4.86. The Bertz CT molecular complexity index is 539. The number of carbonyl (C=O) groups is 1. The van der Waals surface area contributed by atoms with Crippen molar-refractivity contribution < 1.29 is 9.90 Å². The van der Waals surface area contributed by atoms with E-state index in [9.17, 15) is 9.90 Å². The van der Waals surface area contributed by atoms with Crippen molar-refractivity contribution in [3.05, 3.63) is 28.8 Å². The highest BCUT2D eigenvalue weighted by atomic mass is 35.5. The molecule has 106 valence electrons. The van der Waals surface area contributed by atoms with Crippen molar-refractivity contribution in [3.63, 3.8) is 0 Å². The monoisotopic (exact) mass is 292 g/mol. The molecule has 0 saturated heterocycles. The average Bonchev–Trinajstić information content (AvgIpc) is 2.45. The summed E-state index contributed by atoms with van der Waals surface area (Å²) in [6, 6.07) is 7.15. The van der Waals surface area contributed by atoms with Crippen LogP contribution in [0.15, 0.2) is 18.2 Å². The third-order valence-electron chi connectivity index (χ3n) is 3.88. The Morgan fingerprint density at radius 3 is 2.90 bits per heavy atom. The molecule has 5 heteroatoms. The van der Waals surface area contributed by atoms with Gasteiger partial charge in [-0.3, -0.25) is 4.79 Å². The summed E-state index contributed by atoms with van der Waals surface area (Å²) < 4.78 is 0. The van der Waals surface area contributed by atoms with Crippen molar-refractivity contribution in [2.75, 3.05) is 11.9 Å². The summed E-state index contributed by atoms with van der Waals surface area (Å²) in [4.78, 5) is 11.3. The molecule has 0 aliphatic heterocycles. The zero-order chi connectivity index (χ0) is 14.5. The molecule has 1 aliphatic carbocycles. The molecule has 2 atom stereocenters. The largest absolute Gasteiger partial charge is 0.481 e. The molecule has 2 N–H and O–H groups in total. The first-order valence-corrected chi connectivity index (χ1v) is 7.16. The minimum Gasteiger partial charge on any atom is -0.481 e. The summed E-state index contributed by atoms with van der Waals surface area (Å²) in [5.41, 5.74) is 1.20. The summed E-state index contributed by atoms with van der Waals surface area (Å²) in [5.74, 6) is -0.907. The number of carboxylic acid groups (broad SMARTS) is 1. The number of nitrogens with one attached hydrogen (secondary N) is 1. The summed E-state index contributed by atoms with van der Waals surface area (Å²) in [5, 5.41) is 22.1. The van der Waals surface area contributed by atoms with Crippen LogP contribution in [0.1, 0.15) is 31.2 Å². The Morgan fingerprint density at radius 2 is 2.20 bits per heavy atom. The van der Waals surface area contributed by atoms with Crippen LogP contribution < -0.4 is 5.32 Å². The molecular weight excluding hydrogens is 276 g/mol. The van der Waals surface area contributed by atoms with Gasteiger partial charge in [-0.2, -0.15) is 5.26 Å². The predicted molar refractivity (Wildman–Crippen MR) is 77.7 cm³/mol. The van der Waals surface area contributed by atoms with Crippen molar-refractivity contribution in [1.29, 1.82) is 5.26 Å². The van der Waals surface area contributed by atoms with E-state index in [1.54, 1.807) is 18.2 Å². The molecular formula is C15H17ClN2O2. The Hall–Kier alpha value is -1.73. The van der Waals surface area contributed by atoms with E-state index >= 15 is 0 Å². The van der Waals surface area contributed by atoms with Crippen LogP contribution in [0.2, 0.25) is 5.02 Å². The lowest BCUT2D eigenvalue weighted by molar-refractivity contribution is -0.144. The highest BCUT2D eigenvalue weighted by Crippen LogP contribution is 2.31. The third kappa shape index (κ3) is 3.43. The maximum absolute atomic E-state index is 11.3. The molecule has 0 heterocycles. The van der Waals surface area contributed by atoms with Gasteiger partial charge in [-0.15, -0.1) is 0 Å². The molecule has 1 aromatic rings. The van der Waals surface area contributed by atoms with Gasteiger partial charge in [0.05, 0.1) is 17.2 Å². The van der Waals surface area contributed by atoms with Crippen LogP contribution >= 0.6 is 11.6 Å².